The number of nitrogens with one attached hydrogen (secondary N) is 2. The highest BCUT2D eigenvalue weighted by Gasteiger charge is 2.41. The number of rotatable bonds is 7. The average Bonchev–Trinajstić information content (AvgIpc) is 2.82. The highest BCUT2D eigenvalue weighted by atomic mass is 19.4. The van der Waals surface area contributed by atoms with E-state index in [9.17, 15) is 31.1 Å². The lowest BCUT2D eigenvalue weighted by Gasteiger charge is -2.42. The van der Waals surface area contributed by atoms with Crippen molar-refractivity contribution in [3.63, 3.8) is 0 Å². The van der Waals surface area contributed by atoms with Crippen molar-refractivity contribution in [3.8, 4) is 0 Å². The highest BCUT2D eigenvalue weighted by Crippen LogP contribution is 2.40. The minimum absolute atomic E-state index is 0.00845. The van der Waals surface area contributed by atoms with E-state index in [-0.39, 0.29) is 24.3 Å². The lowest BCUT2D eigenvalue weighted by Crippen LogP contribution is -2.51. The summed E-state index contributed by atoms with van der Waals surface area (Å²) in [6.45, 7) is 1.73. The van der Waals surface area contributed by atoms with Crippen molar-refractivity contribution >= 4 is 5.91 Å². The third-order valence-corrected chi connectivity index (χ3v) is 6.58. The van der Waals surface area contributed by atoms with E-state index >= 15 is 0 Å². The minimum Gasteiger partial charge on any atom is -0.395 e. The van der Waals surface area contributed by atoms with Crippen LogP contribution in [-0.4, -0.2) is 30.2 Å². The van der Waals surface area contributed by atoms with E-state index in [1.165, 1.54) is 6.92 Å². The van der Waals surface area contributed by atoms with Gasteiger partial charge in [-0.25, -0.2) is 0 Å². The topological polar surface area (TPSA) is 61.4 Å². The molecule has 0 bridgehead atoms. The fourth-order valence-electron chi connectivity index (χ4n) is 4.55. The Hall–Kier alpha value is -2.59. The fraction of sp³-hybridized carbons (Fsp3) is 0.480. The molecule has 4 nitrogen and oxygen atoms in total. The lowest BCUT2D eigenvalue weighted by atomic mass is 9.74. The van der Waals surface area contributed by atoms with Crippen molar-refractivity contribution in [2.24, 2.45) is 0 Å². The zero-order valence-corrected chi connectivity index (χ0v) is 19.1. The van der Waals surface area contributed by atoms with Gasteiger partial charge in [-0.05, 0) is 61.9 Å². The molecule has 0 aromatic heterocycles. The van der Waals surface area contributed by atoms with Gasteiger partial charge in [0.05, 0.1) is 29.2 Å². The first-order valence-electron chi connectivity index (χ1n) is 11.4. The van der Waals surface area contributed by atoms with Crippen molar-refractivity contribution in [2.75, 3.05) is 13.2 Å². The molecule has 1 amide bonds. The fourth-order valence-corrected chi connectivity index (χ4v) is 4.55. The largest absolute Gasteiger partial charge is 0.416 e. The number of alkyl halides is 6. The van der Waals surface area contributed by atoms with E-state index < -0.39 is 40.8 Å². The summed E-state index contributed by atoms with van der Waals surface area (Å²) in [6.07, 6.45) is -7.59. The number of amides is 1. The molecule has 3 N–H and O–H groups in total. The standard InChI is InChI=1S/C25H28F6N2O2/c1-16(17-13-19(24(26,27)28)15-20(14-17)25(29,30)31)22(35)33-23(18-5-3-2-4-6-18)9-7-21(8-10-23)32-11-12-34/h2-6,13-16,21,32,34H,7-12H2,1H3,(H,33,35)/t16-,21?,23?/m0/s1. The Labute approximate surface area is 199 Å². The molecule has 2 aromatic rings. The average molecular weight is 502 g/mol. The summed E-state index contributed by atoms with van der Waals surface area (Å²) in [5.74, 6) is -1.90. The number of aliphatic hydroxyl groups is 1. The summed E-state index contributed by atoms with van der Waals surface area (Å²) in [5, 5.41) is 15.2. The van der Waals surface area contributed by atoms with Gasteiger partial charge in [0.1, 0.15) is 0 Å². The van der Waals surface area contributed by atoms with E-state index in [2.05, 4.69) is 10.6 Å². The molecular formula is C25H28F6N2O2. The van der Waals surface area contributed by atoms with Crippen LogP contribution in [0.5, 0.6) is 0 Å². The normalized spacial score (nSPS) is 22.0. The van der Waals surface area contributed by atoms with Gasteiger partial charge in [0, 0.05) is 12.6 Å². The maximum atomic E-state index is 13.3. The molecule has 1 aliphatic carbocycles. The highest BCUT2D eigenvalue weighted by molar-refractivity contribution is 5.84. The molecular weight excluding hydrogens is 474 g/mol. The molecule has 192 valence electrons. The van der Waals surface area contributed by atoms with E-state index in [1.54, 1.807) is 0 Å². The molecule has 1 aliphatic rings. The smallest absolute Gasteiger partial charge is 0.395 e. The zero-order valence-electron chi connectivity index (χ0n) is 19.1. The second-order valence-corrected chi connectivity index (χ2v) is 8.95. The first kappa shape index (κ1) is 27.0. The maximum Gasteiger partial charge on any atom is 0.416 e. The summed E-state index contributed by atoms with van der Waals surface area (Å²) in [7, 11) is 0. The van der Waals surface area contributed by atoms with Crippen LogP contribution in [0.2, 0.25) is 0 Å². The molecule has 0 unspecified atom stereocenters. The molecule has 1 saturated carbocycles. The Morgan fingerprint density at radius 3 is 2.03 bits per heavy atom. The number of aliphatic hydroxyl groups excluding tert-OH is 1. The van der Waals surface area contributed by atoms with Crippen LogP contribution < -0.4 is 10.6 Å². The molecule has 0 aliphatic heterocycles. The van der Waals surface area contributed by atoms with Crippen LogP contribution in [0, 0.1) is 0 Å². The van der Waals surface area contributed by atoms with Crippen LogP contribution in [0.25, 0.3) is 0 Å². The number of carbonyl (C=O) groups excluding carboxylic acids is 1. The molecule has 1 fully saturated rings. The van der Waals surface area contributed by atoms with Gasteiger partial charge in [-0.2, -0.15) is 26.3 Å². The van der Waals surface area contributed by atoms with Gasteiger partial charge in [-0.15, -0.1) is 0 Å². The Kier molecular flexibility index (Phi) is 8.16. The number of halogens is 6. The predicted molar refractivity (Wildman–Crippen MR) is 118 cm³/mol. The third-order valence-electron chi connectivity index (χ3n) is 6.58. The molecule has 1 atom stereocenters. The third kappa shape index (κ3) is 6.55. The first-order chi connectivity index (χ1) is 16.4. The number of hydrogen-bond donors (Lipinski definition) is 3. The van der Waals surface area contributed by atoms with Gasteiger partial charge < -0.3 is 15.7 Å². The van der Waals surface area contributed by atoms with Crippen LogP contribution in [0.1, 0.15) is 60.8 Å². The molecule has 0 saturated heterocycles. The van der Waals surface area contributed by atoms with Gasteiger partial charge >= 0.3 is 12.4 Å². The summed E-state index contributed by atoms with van der Waals surface area (Å²) < 4.78 is 79.7. The van der Waals surface area contributed by atoms with Crippen molar-refractivity contribution in [3.05, 3.63) is 70.8 Å². The van der Waals surface area contributed by atoms with Crippen molar-refractivity contribution in [1.82, 2.24) is 10.6 Å². The molecule has 0 spiro atoms. The molecule has 35 heavy (non-hydrogen) atoms. The van der Waals surface area contributed by atoms with E-state index in [0.717, 1.165) is 5.56 Å². The van der Waals surface area contributed by atoms with Gasteiger partial charge in [0.25, 0.3) is 0 Å². The lowest BCUT2D eigenvalue weighted by molar-refractivity contribution is -0.143. The van der Waals surface area contributed by atoms with Crippen LogP contribution in [-0.2, 0) is 22.7 Å². The summed E-state index contributed by atoms with van der Waals surface area (Å²) in [4.78, 5) is 13.2. The van der Waals surface area contributed by atoms with Crippen molar-refractivity contribution in [1.29, 1.82) is 0 Å². The summed E-state index contributed by atoms with van der Waals surface area (Å²) >= 11 is 0. The molecule has 0 radical (unpaired) electrons. The monoisotopic (exact) mass is 502 g/mol. The van der Waals surface area contributed by atoms with Gasteiger partial charge in [-0.1, -0.05) is 30.3 Å². The minimum atomic E-state index is -4.99. The van der Waals surface area contributed by atoms with Gasteiger partial charge in [0.15, 0.2) is 0 Å². The van der Waals surface area contributed by atoms with Gasteiger partial charge in [0.2, 0.25) is 5.91 Å². The van der Waals surface area contributed by atoms with Crippen LogP contribution in [0.3, 0.4) is 0 Å². The quantitative estimate of drug-likeness (QED) is 0.447. The van der Waals surface area contributed by atoms with E-state index in [0.29, 0.717) is 44.4 Å². The second kappa shape index (κ2) is 10.6. The SMILES string of the molecule is C[C@H](C(=O)NC1(c2ccccc2)CCC(NCCO)CC1)c1cc(C(F)(F)F)cc(C(F)(F)F)c1. The molecule has 10 heteroatoms. The Balaban J connectivity index is 1.90. The molecule has 3 rings (SSSR count). The number of carbonyl (C=O) groups is 1. The Morgan fingerprint density at radius 1 is 1.00 bits per heavy atom. The van der Waals surface area contributed by atoms with Crippen LogP contribution in [0.4, 0.5) is 26.3 Å². The maximum absolute atomic E-state index is 13.3. The first-order valence-corrected chi connectivity index (χ1v) is 11.4. The van der Waals surface area contributed by atoms with Crippen LogP contribution >= 0.6 is 0 Å². The van der Waals surface area contributed by atoms with Crippen molar-refractivity contribution in [2.45, 2.75) is 62.5 Å². The molecule has 2 aromatic carbocycles. The summed E-state index contributed by atoms with van der Waals surface area (Å²) in [6, 6.07) is 10.5. The van der Waals surface area contributed by atoms with E-state index in [4.69, 9.17) is 5.11 Å². The van der Waals surface area contributed by atoms with Crippen molar-refractivity contribution < 1.29 is 36.2 Å². The van der Waals surface area contributed by atoms with Gasteiger partial charge in [-0.3, -0.25) is 4.79 Å². The van der Waals surface area contributed by atoms with E-state index in [1.807, 2.05) is 30.3 Å². The Morgan fingerprint density at radius 2 is 1.54 bits per heavy atom. The second-order valence-electron chi connectivity index (χ2n) is 8.95. The van der Waals surface area contributed by atoms with Crippen LogP contribution in [0.15, 0.2) is 48.5 Å². The predicted octanol–water partition coefficient (Wildman–Crippen LogP) is 5.36. The summed E-state index contributed by atoms with van der Waals surface area (Å²) in [5.41, 5.74) is -3.24. The Bertz CT molecular complexity index is 967. The molecule has 0 heterocycles. The zero-order chi connectivity index (χ0) is 25.9. The number of benzene rings is 2. The number of hydrogen-bond acceptors (Lipinski definition) is 3.